The number of aliphatic carboxylic acids is 1. The van der Waals surface area contributed by atoms with Crippen LogP contribution in [-0.2, 0) is 34.3 Å². The number of hydrogen-bond acceptors (Lipinski definition) is 9. The van der Waals surface area contributed by atoms with Crippen molar-refractivity contribution in [2.75, 3.05) is 5.75 Å². The third-order valence-corrected chi connectivity index (χ3v) is 6.73. The number of nitrogens with one attached hydrogen (secondary N) is 2. The molecule has 0 unspecified atom stereocenters. The molecule has 0 saturated carbocycles. The van der Waals surface area contributed by atoms with E-state index in [1.54, 1.807) is 11.4 Å². The summed E-state index contributed by atoms with van der Waals surface area (Å²) in [5.74, 6) is -6.74. The van der Waals surface area contributed by atoms with E-state index in [0.717, 1.165) is 11.3 Å². The Morgan fingerprint density at radius 1 is 1.34 bits per heavy atom. The molecule has 1 aromatic rings. The summed E-state index contributed by atoms with van der Waals surface area (Å²) in [4.78, 5) is 58.3. The summed E-state index contributed by atoms with van der Waals surface area (Å²) in [6.45, 7) is 0. The SMILES string of the molecule is NC(=O)C(=O)N[C@H](C(=O)N[C@@H]1C(=O)N(S(=O)(=O)O)[C@H]1SCC(=O)O)c1cccs1. The van der Waals surface area contributed by atoms with Crippen molar-refractivity contribution in [1.29, 1.82) is 0 Å². The molecule has 1 aliphatic heterocycles. The minimum absolute atomic E-state index is 0.0354. The van der Waals surface area contributed by atoms with Crippen molar-refractivity contribution in [3.8, 4) is 0 Å². The quantitative estimate of drug-likeness (QED) is 0.156. The molecule has 4 amide bonds. The average Bonchev–Trinajstić information content (AvgIpc) is 3.12. The third-order valence-electron chi connectivity index (χ3n) is 3.51. The molecule has 1 fully saturated rings. The van der Waals surface area contributed by atoms with Crippen LogP contribution in [0.1, 0.15) is 10.9 Å². The van der Waals surface area contributed by atoms with E-state index in [2.05, 4.69) is 10.6 Å². The fourth-order valence-corrected chi connectivity index (χ4v) is 5.23. The fourth-order valence-electron chi connectivity index (χ4n) is 2.30. The Balaban J connectivity index is 2.22. The van der Waals surface area contributed by atoms with Crippen molar-refractivity contribution in [3.05, 3.63) is 22.4 Å². The van der Waals surface area contributed by atoms with E-state index >= 15 is 0 Å². The van der Waals surface area contributed by atoms with E-state index in [1.165, 1.54) is 6.07 Å². The number of hydrogen-bond donors (Lipinski definition) is 5. The van der Waals surface area contributed by atoms with Crippen LogP contribution < -0.4 is 16.4 Å². The van der Waals surface area contributed by atoms with Gasteiger partial charge in [0.05, 0.1) is 5.75 Å². The first-order valence-corrected chi connectivity index (χ1v) is 10.8. The van der Waals surface area contributed by atoms with E-state index in [9.17, 15) is 32.4 Å². The maximum atomic E-state index is 12.6. The van der Waals surface area contributed by atoms with Crippen LogP contribution in [0, 0.1) is 0 Å². The van der Waals surface area contributed by atoms with E-state index < -0.39 is 63.1 Å². The summed E-state index contributed by atoms with van der Waals surface area (Å²) in [5, 5.41) is 13.2. The smallest absolute Gasteiger partial charge is 0.363 e. The van der Waals surface area contributed by atoms with Gasteiger partial charge in [0.2, 0.25) is 5.91 Å². The lowest BCUT2D eigenvalue weighted by atomic mass is 10.1. The Labute approximate surface area is 171 Å². The molecule has 1 saturated heterocycles. The van der Waals surface area contributed by atoms with Gasteiger partial charge >= 0.3 is 28.1 Å². The molecule has 158 valence electrons. The van der Waals surface area contributed by atoms with Gasteiger partial charge in [-0.1, -0.05) is 6.07 Å². The van der Waals surface area contributed by atoms with Gasteiger partial charge in [0, 0.05) is 4.88 Å². The zero-order chi connectivity index (χ0) is 21.9. The summed E-state index contributed by atoms with van der Waals surface area (Å²) >= 11 is 1.53. The van der Waals surface area contributed by atoms with Crippen LogP contribution in [0.25, 0.3) is 0 Å². The van der Waals surface area contributed by atoms with E-state index in [-0.39, 0.29) is 9.18 Å². The summed E-state index contributed by atoms with van der Waals surface area (Å²) < 4.78 is 31.8. The number of carboxylic acids is 1. The standard InChI is InChI=1S/C13H14N4O9S3/c14-9(20)11(22)15-7(5-2-1-3-27-5)10(21)16-8-12(23)17(29(24,25)26)13(8)28-4-6(18)19/h1-3,7-8,13H,4H2,(H2,14,20)(H,15,22)(H,16,21)(H,18,19)(H,24,25,26)/t7-,8+,13-/m0/s1. The molecular weight excluding hydrogens is 452 g/mol. The highest BCUT2D eigenvalue weighted by atomic mass is 32.2. The van der Waals surface area contributed by atoms with Gasteiger partial charge in [-0.2, -0.15) is 12.7 Å². The second-order valence-electron chi connectivity index (χ2n) is 5.48. The van der Waals surface area contributed by atoms with Crippen molar-refractivity contribution >= 4 is 63.0 Å². The molecule has 2 rings (SSSR count). The minimum atomic E-state index is -4.98. The van der Waals surface area contributed by atoms with Crippen molar-refractivity contribution in [1.82, 2.24) is 14.9 Å². The fraction of sp³-hybridized carbons (Fsp3) is 0.308. The Hall–Kier alpha value is -2.69. The number of β-lactam (4-membered cyclic amide) rings is 1. The molecule has 1 aliphatic rings. The van der Waals surface area contributed by atoms with Gasteiger partial charge in [-0.25, -0.2) is 0 Å². The number of carboxylic acid groups (broad SMARTS) is 1. The zero-order valence-electron chi connectivity index (χ0n) is 14.2. The highest BCUT2D eigenvalue weighted by molar-refractivity contribution is 8.01. The van der Waals surface area contributed by atoms with Crippen LogP contribution >= 0.6 is 23.1 Å². The van der Waals surface area contributed by atoms with E-state index in [1.807, 2.05) is 0 Å². The maximum Gasteiger partial charge on any atom is 0.363 e. The van der Waals surface area contributed by atoms with Gasteiger partial charge in [0.1, 0.15) is 17.5 Å². The molecule has 3 atom stereocenters. The second kappa shape index (κ2) is 8.76. The van der Waals surface area contributed by atoms with Gasteiger partial charge < -0.3 is 21.5 Å². The van der Waals surface area contributed by atoms with Crippen molar-refractivity contribution in [3.63, 3.8) is 0 Å². The maximum absolute atomic E-state index is 12.6. The molecular formula is C13H14N4O9S3. The van der Waals surface area contributed by atoms with Gasteiger partial charge in [0.25, 0.3) is 5.91 Å². The molecule has 0 bridgehead atoms. The van der Waals surface area contributed by atoms with Crippen LogP contribution in [0.5, 0.6) is 0 Å². The topological polar surface area (TPSA) is 213 Å². The second-order valence-corrected chi connectivity index (χ2v) is 8.85. The molecule has 2 heterocycles. The average molecular weight is 466 g/mol. The van der Waals surface area contributed by atoms with E-state index in [4.69, 9.17) is 15.4 Å². The van der Waals surface area contributed by atoms with Gasteiger partial charge in [0.15, 0.2) is 0 Å². The highest BCUT2D eigenvalue weighted by Gasteiger charge is 2.55. The van der Waals surface area contributed by atoms with Crippen molar-refractivity contribution in [2.45, 2.75) is 17.5 Å². The molecule has 1 aromatic heterocycles. The van der Waals surface area contributed by atoms with E-state index in [0.29, 0.717) is 11.8 Å². The Kier molecular flexibility index (Phi) is 6.83. The number of carbonyl (C=O) groups is 5. The van der Waals surface area contributed by atoms with Crippen LogP contribution in [0.15, 0.2) is 17.5 Å². The molecule has 0 radical (unpaired) electrons. The first-order chi connectivity index (χ1) is 13.4. The molecule has 6 N–H and O–H groups in total. The number of nitrogens with two attached hydrogens (primary N) is 1. The number of primary amides is 1. The highest BCUT2D eigenvalue weighted by Crippen LogP contribution is 2.33. The normalized spacial score (nSPS) is 19.8. The molecule has 0 aliphatic carbocycles. The lowest BCUT2D eigenvalue weighted by Crippen LogP contribution is -2.71. The summed E-state index contributed by atoms with van der Waals surface area (Å²) in [7, 11) is -4.98. The third kappa shape index (κ3) is 5.22. The summed E-state index contributed by atoms with van der Waals surface area (Å²) in [5.41, 5.74) is 4.86. The largest absolute Gasteiger partial charge is 0.481 e. The molecule has 0 spiro atoms. The molecule has 13 nitrogen and oxygen atoms in total. The lowest BCUT2D eigenvalue weighted by molar-refractivity contribution is -0.143. The predicted octanol–water partition coefficient (Wildman–Crippen LogP) is -2.34. The Morgan fingerprint density at radius 2 is 2.00 bits per heavy atom. The molecule has 16 heteroatoms. The number of carbonyl (C=O) groups excluding carboxylic acids is 4. The van der Waals surface area contributed by atoms with Crippen LogP contribution in [0.3, 0.4) is 0 Å². The molecule has 29 heavy (non-hydrogen) atoms. The summed E-state index contributed by atoms with van der Waals surface area (Å²) in [6, 6.07) is 0.0888. The first kappa shape index (κ1) is 22.6. The number of thiophene rings is 1. The van der Waals surface area contributed by atoms with Gasteiger partial charge in [-0.05, 0) is 11.4 Å². The lowest BCUT2D eigenvalue weighted by Gasteiger charge is -2.43. The predicted molar refractivity (Wildman–Crippen MR) is 98.6 cm³/mol. The number of thioether (sulfide) groups is 1. The zero-order valence-corrected chi connectivity index (χ0v) is 16.6. The monoisotopic (exact) mass is 466 g/mol. The number of rotatable bonds is 8. The van der Waals surface area contributed by atoms with Crippen LogP contribution in [0.2, 0.25) is 0 Å². The molecule has 0 aromatic carbocycles. The van der Waals surface area contributed by atoms with Crippen molar-refractivity contribution < 1.29 is 42.0 Å². The number of nitrogens with zero attached hydrogens (tertiary/aromatic N) is 1. The Morgan fingerprint density at radius 3 is 2.48 bits per heavy atom. The number of amides is 4. The Bertz CT molecular complexity index is 947. The first-order valence-electron chi connectivity index (χ1n) is 7.51. The van der Waals surface area contributed by atoms with Crippen molar-refractivity contribution in [2.24, 2.45) is 5.73 Å². The van der Waals surface area contributed by atoms with Crippen LogP contribution in [-0.4, -0.2) is 69.1 Å². The van der Waals surface area contributed by atoms with Crippen LogP contribution in [0.4, 0.5) is 0 Å². The van der Waals surface area contributed by atoms with Gasteiger partial charge in [-0.15, -0.1) is 23.1 Å². The minimum Gasteiger partial charge on any atom is -0.481 e. The van der Waals surface area contributed by atoms with Gasteiger partial charge in [-0.3, -0.25) is 28.5 Å². The summed E-state index contributed by atoms with van der Waals surface area (Å²) in [6.07, 6.45) is 0.